The fourth-order valence-electron chi connectivity index (χ4n) is 2.00. The Bertz CT molecular complexity index is 579. The number of phenols is 1. The number of aliphatic hydroxyl groups excluding tert-OH is 2. The van der Waals surface area contributed by atoms with Crippen LogP contribution in [-0.4, -0.2) is 21.1 Å². The predicted molar refractivity (Wildman–Crippen MR) is 63.1 cm³/mol. The lowest BCUT2D eigenvalue weighted by atomic mass is 9.85. The molecule has 0 amide bonds. The van der Waals surface area contributed by atoms with Crippen molar-refractivity contribution in [3.05, 3.63) is 46.4 Å². The lowest BCUT2D eigenvalue weighted by molar-refractivity contribution is 0.0971. The molecule has 88 valence electrons. The molecule has 1 aromatic carbocycles. The van der Waals surface area contributed by atoms with Crippen molar-refractivity contribution in [3.63, 3.8) is 0 Å². The largest absolute Gasteiger partial charge is 0.515 e. The van der Waals surface area contributed by atoms with Crippen LogP contribution >= 0.6 is 0 Å². The van der Waals surface area contributed by atoms with Crippen molar-refractivity contribution in [2.75, 3.05) is 0 Å². The summed E-state index contributed by atoms with van der Waals surface area (Å²) in [6, 6.07) is 3.13. The van der Waals surface area contributed by atoms with E-state index >= 15 is 0 Å². The van der Waals surface area contributed by atoms with Crippen LogP contribution in [0.2, 0.25) is 0 Å². The number of hydrogen-bond donors (Lipinski definition) is 3. The molecule has 0 bridgehead atoms. The highest BCUT2D eigenvalue weighted by atomic mass is 16.3. The normalized spacial score (nSPS) is 17.5. The van der Waals surface area contributed by atoms with Crippen LogP contribution in [0, 0.1) is 6.92 Å². The third-order valence-corrected chi connectivity index (χ3v) is 2.88. The van der Waals surface area contributed by atoms with Gasteiger partial charge in [0.05, 0.1) is 11.8 Å². The molecule has 1 aliphatic rings. The number of carbonyl (C=O) groups excluding carboxylic acids is 1. The zero-order chi connectivity index (χ0) is 12.7. The van der Waals surface area contributed by atoms with Gasteiger partial charge in [0.2, 0.25) is 5.78 Å². The molecule has 0 aliphatic heterocycles. The minimum atomic E-state index is -0.624. The number of aliphatic hydroxyl groups is 2. The average Bonchev–Trinajstić information content (AvgIpc) is 2.26. The monoisotopic (exact) mass is 232 g/mol. The highest BCUT2D eigenvalue weighted by molar-refractivity contribution is 6.17. The number of benzene rings is 1. The summed E-state index contributed by atoms with van der Waals surface area (Å²) in [7, 11) is 0. The van der Waals surface area contributed by atoms with Gasteiger partial charge in [0, 0.05) is 16.7 Å². The number of phenolic OH excluding ortho intramolecular Hbond substituents is 1. The van der Waals surface area contributed by atoms with Crippen LogP contribution < -0.4 is 0 Å². The third-order valence-electron chi connectivity index (χ3n) is 2.88. The summed E-state index contributed by atoms with van der Waals surface area (Å²) in [5.41, 5.74) is 1.87. The van der Waals surface area contributed by atoms with E-state index in [1.54, 1.807) is 13.0 Å². The minimum absolute atomic E-state index is 0.0269. The molecule has 0 radical (unpaired) electrons. The Morgan fingerprint density at radius 1 is 1.18 bits per heavy atom. The van der Waals surface area contributed by atoms with Crippen molar-refractivity contribution in [3.8, 4) is 5.75 Å². The summed E-state index contributed by atoms with van der Waals surface area (Å²) in [4.78, 5) is 11.8. The van der Waals surface area contributed by atoms with Gasteiger partial charge < -0.3 is 15.3 Å². The van der Waals surface area contributed by atoms with Crippen molar-refractivity contribution in [1.29, 1.82) is 0 Å². The molecular weight excluding hydrogens is 220 g/mol. The van der Waals surface area contributed by atoms with Gasteiger partial charge in [-0.3, -0.25) is 4.79 Å². The lowest BCUT2D eigenvalue weighted by Gasteiger charge is -2.20. The molecule has 0 saturated heterocycles. The zero-order valence-electron chi connectivity index (χ0n) is 9.48. The van der Waals surface area contributed by atoms with Gasteiger partial charge in [0.15, 0.2) is 5.76 Å². The van der Waals surface area contributed by atoms with Crippen molar-refractivity contribution >= 4 is 11.4 Å². The van der Waals surface area contributed by atoms with Gasteiger partial charge >= 0.3 is 0 Å². The molecule has 2 rings (SSSR count). The number of allylic oxidation sites excluding steroid dienone is 3. The molecule has 0 atom stereocenters. The smallest absolute Gasteiger partial charge is 0.231 e. The van der Waals surface area contributed by atoms with E-state index in [0.29, 0.717) is 16.7 Å². The Kier molecular flexibility index (Phi) is 2.42. The molecular formula is C13H12O4. The van der Waals surface area contributed by atoms with E-state index in [1.807, 2.05) is 0 Å². The fourth-order valence-corrected chi connectivity index (χ4v) is 2.00. The highest BCUT2D eigenvalue weighted by Crippen LogP contribution is 2.38. The second-order valence-corrected chi connectivity index (χ2v) is 4.05. The van der Waals surface area contributed by atoms with Crippen molar-refractivity contribution in [2.24, 2.45) is 0 Å². The first-order chi connectivity index (χ1) is 7.97. The van der Waals surface area contributed by atoms with E-state index in [1.165, 1.54) is 13.0 Å². The molecule has 4 heteroatoms. The Morgan fingerprint density at radius 2 is 1.82 bits per heavy atom. The zero-order valence-corrected chi connectivity index (χ0v) is 9.48. The topological polar surface area (TPSA) is 77.8 Å². The molecule has 0 saturated carbocycles. The van der Waals surface area contributed by atoms with Gasteiger partial charge in [-0.25, -0.2) is 0 Å². The summed E-state index contributed by atoms with van der Waals surface area (Å²) in [6.07, 6.45) is 0.829. The molecule has 17 heavy (non-hydrogen) atoms. The number of carbonyl (C=O) groups is 1. The maximum atomic E-state index is 11.8. The van der Waals surface area contributed by atoms with E-state index in [2.05, 4.69) is 0 Å². The predicted octanol–water partition coefficient (Wildman–Crippen LogP) is 2.63. The molecule has 4 nitrogen and oxygen atoms in total. The molecule has 0 fully saturated rings. The summed E-state index contributed by atoms with van der Waals surface area (Å²) >= 11 is 0. The number of rotatable bonds is 0. The van der Waals surface area contributed by atoms with Crippen LogP contribution in [0.4, 0.5) is 0 Å². The molecule has 1 aliphatic carbocycles. The van der Waals surface area contributed by atoms with Crippen LogP contribution in [0.3, 0.4) is 0 Å². The highest BCUT2D eigenvalue weighted by Gasteiger charge is 2.30. The Hall–Kier alpha value is -2.23. The minimum Gasteiger partial charge on any atom is -0.515 e. The molecule has 0 unspecified atom stereocenters. The number of aryl methyl sites for hydroxylation is 1. The maximum absolute atomic E-state index is 11.8. The number of aromatic hydroxyl groups is 1. The lowest BCUT2D eigenvalue weighted by Crippen LogP contribution is -2.15. The second kappa shape index (κ2) is 3.66. The number of Topliss-reactive ketones (excluding diaryl/α,β-unsaturated/α-hetero) is 1. The molecule has 3 N–H and O–H groups in total. The first kappa shape index (κ1) is 11.3. The van der Waals surface area contributed by atoms with Gasteiger partial charge in [-0.2, -0.15) is 0 Å². The summed E-state index contributed by atoms with van der Waals surface area (Å²) < 4.78 is 0. The fraction of sp³-hybridized carbons (Fsp3) is 0.154. The van der Waals surface area contributed by atoms with E-state index in [4.69, 9.17) is 0 Å². The standard InChI is InChI=1S/C13H12O4/c1-6-3-8-9(5-14)7(2)12(16)13(17)11(8)10(15)4-6/h3-5,14-16H,1-2H3/b9-5+. The van der Waals surface area contributed by atoms with E-state index < -0.39 is 11.5 Å². The van der Waals surface area contributed by atoms with Gasteiger partial charge in [-0.05, 0) is 25.5 Å². The number of ketones is 1. The van der Waals surface area contributed by atoms with Gasteiger partial charge in [-0.15, -0.1) is 0 Å². The first-order valence-corrected chi connectivity index (χ1v) is 5.10. The Balaban J connectivity index is 2.85. The van der Waals surface area contributed by atoms with E-state index in [-0.39, 0.29) is 11.3 Å². The Labute approximate surface area is 98.1 Å². The maximum Gasteiger partial charge on any atom is 0.231 e. The van der Waals surface area contributed by atoms with Crippen LogP contribution in [-0.2, 0) is 0 Å². The SMILES string of the molecule is CC1=C(O)C(=O)c2c(O)cc(C)cc2/C1=C/O. The van der Waals surface area contributed by atoms with Crippen LogP contribution in [0.25, 0.3) is 5.57 Å². The summed E-state index contributed by atoms with van der Waals surface area (Å²) in [6.45, 7) is 3.31. The van der Waals surface area contributed by atoms with Crippen molar-refractivity contribution in [1.82, 2.24) is 0 Å². The summed E-state index contributed by atoms with van der Waals surface area (Å²) in [5, 5.41) is 28.6. The van der Waals surface area contributed by atoms with Crippen molar-refractivity contribution in [2.45, 2.75) is 13.8 Å². The van der Waals surface area contributed by atoms with Gasteiger partial charge in [-0.1, -0.05) is 6.07 Å². The second-order valence-electron chi connectivity index (χ2n) is 4.05. The molecule has 0 aromatic heterocycles. The average molecular weight is 232 g/mol. The van der Waals surface area contributed by atoms with Crippen LogP contribution in [0.15, 0.2) is 29.7 Å². The van der Waals surface area contributed by atoms with Gasteiger partial charge in [0.25, 0.3) is 0 Å². The third kappa shape index (κ3) is 1.49. The summed E-state index contributed by atoms with van der Waals surface area (Å²) in [5.74, 6) is -1.26. The Morgan fingerprint density at radius 3 is 2.41 bits per heavy atom. The molecule has 0 heterocycles. The van der Waals surface area contributed by atoms with Crippen molar-refractivity contribution < 1.29 is 20.1 Å². The van der Waals surface area contributed by atoms with Crippen LogP contribution in [0.5, 0.6) is 5.75 Å². The van der Waals surface area contributed by atoms with E-state index in [9.17, 15) is 20.1 Å². The number of fused-ring (bicyclic) bond motifs is 1. The quantitative estimate of drug-likeness (QED) is 0.601. The number of hydrogen-bond acceptors (Lipinski definition) is 4. The molecule has 0 spiro atoms. The van der Waals surface area contributed by atoms with Crippen LogP contribution in [0.1, 0.15) is 28.4 Å². The molecule has 1 aromatic rings. The first-order valence-electron chi connectivity index (χ1n) is 5.10. The van der Waals surface area contributed by atoms with E-state index in [0.717, 1.165) is 11.8 Å². The van der Waals surface area contributed by atoms with Gasteiger partial charge in [0.1, 0.15) is 5.75 Å².